The van der Waals surface area contributed by atoms with Crippen LogP contribution < -0.4 is 52.4 Å². The molecule has 11 heterocycles. The number of nitrogens with zero attached hydrogens (tertiary/aromatic N) is 18. The largest absolute Gasteiger partial charge is 0.406 e. The van der Waals surface area contributed by atoms with E-state index in [9.17, 15) is 35.9 Å². The highest BCUT2D eigenvalue weighted by Crippen LogP contribution is 2.36. The van der Waals surface area contributed by atoms with Crippen molar-refractivity contribution < 1.29 is 45.4 Å². The van der Waals surface area contributed by atoms with Gasteiger partial charge in [0.1, 0.15) is 13.1 Å². The molecule has 27 nitrogen and oxygen atoms in total. The Kier molecular flexibility index (Phi) is 15.8. The fourth-order valence-electron chi connectivity index (χ4n) is 9.18. The van der Waals surface area contributed by atoms with Crippen molar-refractivity contribution in [2.45, 2.75) is 25.4 Å². The number of hydrogen-bond acceptors (Lipinski definition) is 23. The standard InChI is InChI=1S/C20H23F3N10O2.C19H23F3N10O.C7H7N3O/c21-20(22,23)11-33-17-14(27-19(33)32-3-1-30(12-34)2-4-32)16(31-5-7-35-8-6-31)28-15(29-17)13-9-25-18(24)26-10-13;20-19(21,22)11-32-16-13(27-18(32)31-3-1-24-2-4-31)15(30-5-7-33-8-6-30)28-14(29-16)12-9-25-17(23)26-10-12;11-5-10-7-4-2-1-3-6(7)8-9-10/h9-10,12H,1-8,11H2,(H2,24,25,26);9-10,24H,1-8,11H2,(H2,23,25,26);1-5,8-9H. The van der Waals surface area contributed by atoms with Gasteiger partial charge in [-0.2, -0.15) is 26.3 Å². The van der Waals surface area contributed by atoms with E-state index in [0.717, 1.165) is 33.3 Å². The predicted octanol–water partition coefficient (Wildman–Crippen LogP) is 1.71. The number of carbonyl (C=O) groups is 2. The van der Waals surface area contributed by atoms with E-state index < -0.39 is 25.4 Å². The number of imidazole rings is 2. The van der Waals surface area contributed by atoms with Gasteiger partial charge in [0.15, 0.2) is 45.6 Å². The molecule has 5 aliphatic heterocycles. The summed E-state index contributed by atoms with van der Waals surface area (Å²) in [6.07, 6.45) is -1.75. The molecule has 0 unspecified atom stereocenters. The van der Waals surface area contributed by atoms with Gasteiger partial charge in [-0.15, -0.1) is 5.53 Å². The third-order valence-electron chi connectivity index (χ3n) is 13.0. The molecule has 79 heavy (non-hydrogen) atoms. The minimum Gasteiger partial charge on any atom is -0.378 e. The van der Waals surface area contributed by atoms with Crippen LogP contribution in [-0.4, -0.2) is 194 Å². The number of morpholine rings is 2. The van der Waals surface area contributed by atoms with Gasteiger partial charge >= 0.3 is 12.4 Å². The maximum atomic E-state index is 13.7. The number of alkyl halides is 6. The zero-order valence-electron chi connectivity index (χ0n) is 42.1. The molecule has 2 amide bonds. The number of carbonyl (C=O) groups excluding carboxylic acids is 2. The van der Waals surface area contributed by atoms with E-state index in [0.29, 0.717) is 133 Å². The van der Waals surface area contributed by atoms with E-state index in [-0.39, 0.29) is 52.3 Å². The molecular weight excluding hydrogens is 1050 g/mol. The summed E-state index contributed by atoms with van der Waals surface area (Å²) in [4.78, 5) is 74.0. The molecule has 0 saturated carbocycles. The van der Waals surface area contributed by atoms with Gasteiger partial charge in [-0.3, -0.25) is 18.7 Å². The number of nitrogens with two attached hydrogens (primary N) is 2. The SMILES string of the molecule is Nc1ncc(-c2nc(N3CCOCC3)c3nc(N4CCN(C=O)CC4)n(CC(F)(F)F)c3n2)cn1.Nc1ncc(-c2nc(N3CCOCC3)c3nc(N4CCNCC4)n(CC(F)(F)F)c3n2)cn1.O=CN1NNc2ccccc21. The van der Waals surface area contributed by atoms with Crippen LogP contribution in [0.1, 0.15) is 0 Å². The van der Waals surface area contributed by atoms with Crippen LogP contribution in [0.4, 0.5) is 73.1 Å². The first kappa shape index (κ1) is 53.8. The van der Waals surface area contributed by atoms with Crippen molar-refractivity contribution in [2.24, 2.45) is 0 Å². The molecule has 0 aliphatic carbocycles. The Labute approximate surface area is 444 Å². The molecule has 418 valence electrons. The quantitative estimate of drug-likeness (QED) is 0.0962. The van der Waals surface area contributed by atoms with E-state index in [1.165, 1.54) is 29.8 Å². The first-order chi connectivity index (χ1) is 38.1. The van der Waals surface area contributed by atoms with Crippen LogP contribution in [0.25, 0.3) is 45.1 Å². The second-order valence-corrected chi connectivity index (χ2v) is 18.3. The Balaban J connectivity index is 0.000000149. The number of halogens is 6. The number of nitrogens with one attached hydrogen (secondary N) is 3. The van der Waals surface area contributed by atoms with Crippen LogP contribution in [0.5, 0.6) is 0 Å². The average Bonchev–Trinajstić information content (AvgIpc) is 4.26. The van der Waals surface area contributed by atoms with Crippen LogP contribution in [0.3, 0.4) is 0 Å². The number of nitrogen functional groups attached to an aromatic ring is 2. The molecule has 0 spiro atoms. The maximum absolute atomic E-state index is 13.7. The molecule has 7 aromatic rings. The molecule has 33 heteroatoms. The van der Waals surface area contributed by atoms with Crippen molar-refractivity contribution in [2.75, 3.05) is 146 Å². The lowest BCUT2D eigenvalue weighted by molar-refractivity contribution is -0.140. The highest BCUT2D eigenvalue weighted by Gasteiger charge is 2.36. The first-order valence-electron chi connectivity index (χ1n) is 24.9. The Bertz CT molecular complexity index is 3230. The van der Waals surface area contributed by atoms with Gasteiger partial charge in [0.2, 0.25) is 36.6 Å². The number of benzene rings is 1. The van der Waals surface area contributed by atoms with Crippen LogP contribution in [-0.2, 0) is 32.2 Å². The summed E-state index contributed by atoms with van der Waals surface area (Å²) < 4.78 is 95.1. The van der Waals surface area contributed by atoms with Gasteiger partial charge in [-0.1, -0.05) is 12.1 Å². The predicted molar refractivity (Wildman–Crippen MR) is 276 cm³/mol. The van der Waals surface area contributed by atoms with Crippen LogP contribution in [0.15, 0.2) is 49.1 Å². The van der Waals surface area contributed by atoms with Crippen molar-refractivity contribution in [1.29, 1.82) is 0 Å². The monoisotopic (exact) mass is 1110 g/mol. The van der Waals surface area contributed by atoms with Crippen molar-refractivity contribution in [3.63, 3.8) is 0 Å². The highest BCUT2D eigenvalue weighted by atomic mass is 19.4. The second-order valence-electron chi connectivity index (χ2n) is 18.3. The molecule has 0 radical (unpaired) electrons. The average molecular weight is 1110 g/mol. The summed E-state index contributed by atoms with van der Waals surface area (Å²) in [5.74, 6) is 1.76. The number of aromatic nitrogens is 12. The summed E-state index contributed by atoms with van der Waals surface area (Å²) in [7, 11) is 0. The van der Waals surface area contributed by atoms with Gasteiger partial charge < -0.3 is 56.2 Å². The van der Waals surface area contributed by atoms with E-state index in [1.807, 2.05) is 39.0 Å². The lowest BCUT2D eigenvalue weighted by atomic mass is 10.3. The summed E-state index contributed by atoms with van der Waals surface area (Å²) in [6.45, 7) is 5.34. The Morgan fingerprint density at radius 2 is 1.01 bits per heavy atom. The van der Waals surface area contributed by atoms with E-state index >= 15 is 0 Å². The topological polar surface area (TPSA) is 299 Å². The van der Waals surface area contributed by atoms with E-state index in [2.05, 4.69) is 66.1 Å². The summed E-state index contributed by atoms with van der Waals surface area (Å²) >= 11 is 0. The highest BCUT2D eigenvalue weighted by molar-refractivity contribution is 5.90. The van der Waals surface area contributed by atoms with Crippen LogP contribution >= 0.6 is 0 Å². The molecule has 4 saturated heterocycles. The lowest BCUT2D eigenvalue weighted by Gasteiger charge is -2.33. The number of anilines is 8. The molecule has 1 aromatic carbocycles. The molecule has 6 aromatic heterocycles. The number of ether oxygens (including phenoxy) is 2. The molecule has 12 rings (SSSR count). The number of piperazine rings is 2. The molecule has 5 aliphatic rings. The van der Waals surface area contributed by atoms with Crippen molar-refractivity contribution >= 4 is 82.0 Å². The minimum absolute atomic E-state index is 0.0541. The first-order valence-corrected chi connectivity index (χ1v) is 24.9. The van der Waals surface area contributed by atoms with Crippen LogP contribution in [0, 0.1) is 0 Å². The van der Waals surface area contributed by atoms with Gasteiger partial charge in [0, 0.05) is 103 Å². The maximum Gasteiger partial charge on any atom is 0.406 e. The number of para-hydroxylation sites is 2. The van der Waals surface area contributed by atoms with E-state index in [4.69, 9.17) is 20.9 Å². The van der Waals surface area contributed by atoms with Crippen molar-refractivity contribution in [1.82, 2.24) is 74.7 Å². The third kappa shape index (κ3) is 12.4. The zero-order chi connectivity index (χ0) is 55.3. The number of rotatable bonds is 10. The van der Waals surface area contributed by atoms with E-state index in [1.54, 1.807) is 9.80 Å². The normalized spacial score (nSPS) is 17.0. The number of fused-ring (bicyclic) bond motifs is 3. The molecule has 0 atom stereocenters. The molecule has 4 fully saturated rings. The van der Waals surface area contributed by atoms with Gasteiger partial charge in [-0.05, 0) is 12.1 Å². The van der Waals surface area contributed by atoms with Crippen molar-refractivity contribution in [3.05, 3.63) is 49.1 Å². The minimum atomic E-state index is -4.51. The fourth-order valence-corrected chi connectivity index (χ4v) is 9.18. The third-order valence-corrected chi connectivity index (χ3v) is 13.0. The summed E-state index contributed by atoms with van der Waals surface area (Å²) in [5.41, 5.74) is 20.1. The molecule has 0 bridgehead atoms. The second kappa shape index (κ2) is 23.2. The van der Waals surface area contributed by atoms with Crippen LogP contribution in [0.2, 0.25) is 0 Å². The van der Waals surface area contributed by atoms with Gasteiger partial charge in [-0.25, -0.2) is 54.8 Å². The van der Waals surface area contributed by atoms with Crippen molar-refractivity contribution in [3.8, 4) is 22.8 Å². The molecule has 7 N–H and O–H groups in total. The lowest BCUT2D eigenvalue weighted by Crippen LogP contribution is -2.46. The summed E-state index contributed by atoms with van der Waals surface area (Å²) in [6, 6.07) is 7.54. The molecular formula is C46H53F6N23O4. The smallest absolute Gasteiger partial charge is 0.378 e. The fraction of sp³-hybridized carbons (Fsp3) is 0.435. The number of amides is 2. The Morgan fingerprint density at radius 1 is 0.557 bits per heavy atom. The Morgan fingerprint density at radius 3 is 1.46 bits per heavy atom. The summed E-state index contributed by atoms with van der Waals surface area (Å²) in [5, 5.41) is 4.59. The van der Waals surface area contributed by atoms with Gasteiger partial charge in [0.25, 0.3) is 0 Å². The zero-order valence-corrected chi connectivity index (χ0v) is 42.1. The number of hydrogen-bond donors (Lipinski definition) is 5. The Hall–Kier alpha value is -8.56. The van der Waals surface area contributed by atoms with Gasteiger partial charge in [0.05, 0.1) is 48.9 Å². The number of hydrazine groups is 2.